The third kappa shape index (κ3) is 5.37. The number of hydrogen-bond acceptors (Lipinski definition) is 2. The van der Waals surface area contributed by atoms with Crippen LogP contribution in [0.2, 0.25) is 0 Å². The lowest BCUT2D eigenvalue weighted by molar-refractivity contribution is -0.116. The van der Waals surface area contributed by atoms with Crippen LogP contribution in [0.3, 0.4) is 0 Å². The highest BCUT2D eigenvalue weighted by Gasteiger charge is 1.89. The van der Waals surface area contributed by atoms with Crippen LogP contribution in [0.15, 0.2) is 12.2 Å². The number of hydrogen-bond donors (Lipinski definition) is 2. The lowest BCUT2D eigenvalue weighted by Crippen LogP contribution is -2.13. The van der Waals surface area contributed by atoms with Gasteiger partial charge >= 0.3 is 0 Å². The first-order valence-electron chi connectivity index (χ1n) is 2.77. The molecule has 0 unspecified atom stereocenters. The van der Waals surface area contributed by atoms with Gasteiger partial charge in [0.2, 0.25) is 5.91 Å². The van der Waals surface area contributed by atoms with E-state index in [1.54, 1.807) is 0 Å². The van der Waals surface area contributed by atoms with Gasteiger partial charge in [0.05, 0.1) is 0 Å². The van der Waals surface area contributed by atoms with Crippen molar-refractivity contribution in [2.24, 2.45) is 0 Å². The maximum absolute atomic E-state index is 10.5. The van der Waals surface area contributed by atoms with Crippen molar-refractivity contribution in [2.75, 3.05) is 7.05 Å². The van der Waals surface area contributed by atoms with Crippen LogP contribution in [0.1, 0.15) is 6.42 Å². The fraction of sp³-hybridized carbons (Fsp3) is 0.333. The predicted molar refractivity (Wildman–Crippen MR) is 41.8 cm³/mol. The Kier molecular flexibility index (Phi) is 4.66. The van der Waals surface area contributed by atoms with Gasteiger partial charge in [0.25, 0.3) is 0 Å². The number of nitrogens with one attached hydrogen (secondary N) is 1. The van der Waals surface area contributed by atoms with Crippen molar-refractivity contribution in [3.05, 3.63) is 12.2 Å². The molecule has 3 nitrogen and oxygen atoms in total. The summed E-state index contributed by atoms with van der Waals surface area (Å²) in [4.78, 5) is 20.7. The first kappa shape index (κ1) is 9.23. The van der Waals surface area contributed by atoms with Crippen molar-refractivity contribution < 1.29 is 9.59 Å². The molecule has 0 fully saturated rings. The van der Waals surface area contributed by atoms with Gasteiger partial charge in [-0.2, -0.15) is 0 Å². The minimum atomic E-state index is -0.250. The highest BCUT2D eigenvalue weighted by molar-refractivity contribution is 7.96. The molecule has 0 bridgehead atoms. The Morgan fingerprint density at radius 1 is 1.60 bits per heavy atom. The standard InChI is InChI=1S/C6H9NO2S/c1-7-5(8)3-2-4-6(9)10/h2-3H,4H2,1H3,(H,7,8)(H,9,10)/b3-2+. The van der Waals surface area contributed by atoms with Gasteiger partial charge in [0.15, 0.2) is 5.12 Å². The molecule has 0 aliphatic carbocycles. The van der Waals surface area contributed by atoms with Crippen LogP contribution in [0.4, 0.5) is 0 Å². The maximum atomic E-state index is 10.5. The monoisotopic (exact) mass is 159 g/mol. The van der Waals surface area contributed by atoms with Gasteiger partial charge in [0.1, 0.15) is 0 Å². The van der Waals surface area contributed by atoms with Gasteiger partial charge in [-0.25, -0.2) is 0 Å². The number of likely N-dealkylation sites (N-methyl/N-ethyl adjacent to an activating group) is 1. The molecule has 0 aromatic heterocycles. The van der Waals surface area contributed by atoms with E-state index in [0.717, 1.165) is 0 Å². The van der Waals surface area contributed by atoms with Crippen molar-refractivity contribution in [1.82, 2.24) is 5.32 Å². The van der Waals surface area contributed by atoms with Crippen molar-refractivity contribution in [3.8, 4) is 0 Å². The fourth-order valence-electron chi connectivity index (χ4n) is 0.350. The van der Waals surface area contributed by atoms with Gasteiger partial charge in [-0.3, -0.25) is 9.59 Å². The summed E-state index contributed by atoms with van der Waals surface area (Å²) >= 11 is 3.51. The Balaban J connectivity index is 3.56. The molecule has 0 aromatic rings. The third-order valence-electron chi connectivity index (χ3n) is 0.808. The second-order valence-corrected chi connectivity index (χ2v) is 2.11. The molecule has 56 valence electrons. The zero-order valence-electron chi connectivity index (χ0n) is 5.63. The summed E-state index contributed by atoms with van der Waals surface area (Å²) in [6.45, 7) is 0. The third-order valence-corrected chi connectivity index (χ3v) is 0.991. The number of thiol groups is 1. The zero-order chi connectivity index (χ0) is 7.98. The van der Waals surface area contributed by atoms with Crippen molar-refractivity contribution in [1.29, 1.82) is 0 Å². The first-order chi connectivity index (χ1) is 4.66. The van der Waals surface area contributed by atoms with E-state index in [0.29, 0.717) is 0 Å². The highest BCUT2D eigenvalue weighted by Crippen LogP contribution is 1.88. The average molecular weight is 159 g/mol. The molecule has 4 heteroatoms. The molecule has 10 heavy (non-hydrogen) atoms. The number of carbonyl (C=O) groups is 2. The molecular formula is C6H9NO2S. The van der Waals surface area contributed by atoms with E-state index in [-0.39, 0.29) is 17.4 Å². The summed E-state index contributed by atoms with van der Waals surface area (Å²) < 4.78 is 0. The molecule has 0 heterocycles. The van der Waals surface area contributed by atoms with Crippen LogP contribution in [0, 0.1) is 0 Å². The molecule has 0 saturated carbocycles. The van der Waals surface area contributed by atoms with E-state index in [2.05, 4.69) is 17.9 Å². The predicted octanol–water partition coefficient (Wildman–Crippen LogP) is 0.135. The Morgan fingerprint density at radius 3 is 2.60 bits per heavy atom. The topological polar surface area (TPSA) is 46.2 Å². The van der Waals surface area contributed by atoms with Crippen molar-refractivity contribution >= 4 is 23.7 Å². The Bertz CT molecular complexity index is 165. The number of allylic oxidation sites excluding steroid dienone is 1. The fourth-order valence-corrected chi connectivity index (χ4v) is 0.456. The van der Waals surface area contributed by atoms with Crippen molar-refractivity contribution in [3.63, 3.8) is 0 Å². The summed E-state index contributed by atoms with van der Waals surface area (Å²) in [7, 11) is 1.52. The molecule has 0 rings (SSSR count). The lowest BCUT2D eigenvalue weighted by Gasteiger charge is -1.87. The average Bonchev–Trinajstić information content (AvgIpc) is 1.87. The molecule has 0 aliphatic rings. The Morgan fingerprint density at radius 2 is 2.20 bits per heavy atom. The van der Waals surface area contributed by atoms with Gasteiger partial charge in [0, 0.05) is 13.5 Å². The summed E-state index contributed by atoms with van der Waals surface area (Å²) in [6, 6.07) is 0. The van der Waals surface area contributed by atoms with Crippen LogP contribution < -0.4 is 5.32 Å². The second-order valence-electron chi connectivity index (χ2n) is 1.61. The van der Waals surface area contributed by atoms with Crippen LogP contribution in [-0.4, -0.2) is 18.1 Å². The molecule has 0 spiro atoms. The molecule has 0 aromatic carbocycles. The van der Waals surface area contributed by atoms with Crippen LogP contribution >= 0.6 is 12.6 Å². The van der Waals surface area contributed by atoms with E-state index in [1.807, 2.05) is 0 Å². The van der Waals surface area contributed by atoms with Gasteiger partial charge in [-0.05, 0) is 6.08 Å². The van der Waals surface area contributed by atoms with E-state index < -0.39 is 0 Å². The Hall–Kier alpha value is -0.770. The lowest BCUT2D eigenvalue weighted by atomic mass is 10.4. The van der Waals surface area contributed by atoms with E-state index in [1.165, 1.54) is 19.2 Å². The molecule has 0 atom stereocenters. The molecule has 1 N–H and O–H groups in total. The molecule has 0 saturated heterocycles. The van der Waals surface area contributed by atoms with E-state index >= 15 is 0 Å². The summed E-state index contributed by atoms with van der Waals surface area (Å²) in [5.74, 6) is -0.213. The van der Waals surface area contributed by atoms with E-state index in [4.69, 9.17) is 0 Å². The van der Waals surface area contributed by atoms with Crippen LogP contribution in [0.5, 0.6) is 0 Å². The maximum Gasteiger partial charge on any atom is 0.243 e. The number of rotatable bonds is 3. The minimum absolute atomic E-state index is 0.191. The zero-order valence-corrected chi connectivity index (χ0v) is 6.52. The first-order valence-corrected chi connectivity index (χ1v) is 3.21. The number of carbonyl (C=O) groups excluding carboxylic acids is 2. The number of amides is 1. The van der Waals surface area contributed by atoms with Gasteiger partial charge in [-0.1, -0.05) is 6.08 Å². The summed E-state index contributed by atoms with van der Waals surface area (Å²) in [5.41, 5.74) is 0. The van der Waals surface area contributed by atoms with Gasteiger partial charge in [-0.15, -0.1) is 12.6 Å². The summed E-state index contributed by atoms with van der Waals surface area (Å²) in [6.07, 6.45) is 2.96. The van der Waals surface area contributed by atoms with Crippen LogP contribution in [0.25, 0.3) is 0 Å². The molecule has 0 aliphatic heterocycles. The van der Waals surface area contributed by atoms with Gasteiger partial charge < -0.3 is 5.32 Å². The SMILES string of the molecule is CNC(=O)/C=C/CC(=O)S. The molecule has 1 amide bonds. The quantitative estimate of drug-likeness (QED) is 0.454. The normalized spacial score (nSPS) is 9.80. The largest absolute Gasteiger partial charge is 0.356 e. The summed E-state index contributed by atoms with van der Waals surface area (Å²) in [5, 5.41) is 2.13. The molecular weight excluding hydrogens is 150 g/mol. The Labute approximate surface area is 64.9 Å². The second kappa shape index (κ2) is 5.05. The highest BCUT2D eigenvalue weighted by atomic mass is 32.1. The smallest absolute Gasteiger partial charge is 0.243 e. The minimum Gasteiger partial charge on any atom is -0.356 e. The van der Waals surface area contributed by atoms with Crippen LogP contribution in [-0.2, 0) is 9.59 Å². The molecule has 0 radical (unpaired) electrons. The van der Waals surface area contributed by atoms with E-state index in [9.17, 15) is 9.59 Å². The van der Waals surface area contributed by atoms with Crippen molar-refractivity contribution in [2.45, 2.75) is 6.42 Å².